The maximum Gasteiger partial charge on any atom is 0.305 e. The summed E-state index contributed by atoms with van der Waals surface area (Å²) in [4.78, 5) is 24.5. The maximum absolute atomic E-state index is 12.5. The van der Waals surface area contributed by atoms with Gasteiger partial charge in [-0.2, -0.15) is 0 Å². The van der Waals surface area contributed by atoms with Crippen LogP contribution < -0.4 is 5.32 Å². The van der Waals surface area contributed by atoms with Crippen LogP contribution >= 0.6 is 0 Å². The second-order valence-electron chi connectivity index (χ2n) is 18.2. The van der Waals surface area contributed by atoms with Crippen molar-refractivity contribution in [1.29, 1.82) is 0 Å². The van der Waals surface area contributed by atoms with Crippen LogP contribution in [-0.4, -0.2) is 47.4 Å². The van der Waals surface area contributed by atoms with Crippen molar-refractivity contribution < 1.29 is 24.5 Å². The summed E-state index contributed by atoms with van der Waals surface area (Å²) in [5.74, 6) is -0.110. The molecule has 358 valence electrons. The lowest BCUT2D eigenvalue weighted by molar-refractivity contribution is -0.143. The van der Waals surface area contributed by atoms with E-state index in [1.54, 1.807) is 6.08 Å². The number of rotatable bonds is 49. The van der Waals surface area contributed by atoms with E-state index in [-0.39, 0.29) is 18.5 Å². The summed E-state index contributed by atoms with van der Waals surface area (Å²) in [6.45, 7) is 4.80. The van der Waals surface area contributed by atoms with Crippen molar-refractivity contribution in [3.8, 4) is 0 Å². The second-order valence-corrected chi connectivity index (χ2v) is 18.2. The summed E-state index contributed by atoms with van der Waals surface area (Å²) in [7, 11) is 0. The van der Waals surface area contributed by atoms with Gasteiger partial charge >= 0.3 is 5.97 Å². The molecule has 0 radical (unpaired) electrons. The zero-order valence-electron chi connectivity index (χ0n) is 40.6. The summed E-state index contributed by atoms with van der Waals surface area (Å²) in [5, 5.41) is 23.1. The fraction of sp³-hybridized carbons (Fsp3) is 0.855. The number of carbonyl (C=O) groups excluding carboxylic acids is 2. The van der Waals surface area contributed by atoms with E-state index in [0.717, 1.165) is 70.6 Å². The highest BCUT2D eigenvalue weighted by molar-refractivity contribution is 5.76. The molecule has 0 saturated carbocycles. The summed E-state index contributed by atoms with van der Waals surface area (Å²) in [6, 6.07) is -0.641. The Bertz CT molecular complexity index is 993. The van der Waals surface area contributed by atoms with E-state index in [0.29, 0.717) is 19.4 Å². The molecule has 6 heteroatoms. The third kappa shape index (κ3) is 47.4. The molecule has 0 fully saturated rings. The number of allylic oxidation sites excluding steroid dienone is 5. The van der Waals surface area contributed by atoms with Crippen LogP contribution in [0.2, 0.25) is 0 Å². The smallest absolute Gasteiger partial charge is 0.305 e. The predicted octanol–water partition coefficient (Wildman–Crippen LogP) is 16.1. The first-order chi connectivity index (χ1) is 30.0. The zero-order chi connectivity index (χ0) is 44.4. The lowest BCUT2D eigenvalue weighted by atomic mass is 10.0. The number of amides is 1. The van der Waals surface area contributed by atoms with Gasteiger partial charge in [-0.1, -0.05) is 243 Å². The molecule has 0 aromatic heterocycles. The molecule has 2 unspecified atom stereocenters. The summed E-state index contributed by atoms with van der Waals surface area (Å²) < 4.78 is 5.44. The Morgan fingerprint density at radius 2 is 0.852 bits per heavy atom. The van der Waals surface area contributed by atoms with E-state index < -0.39 is 12.1 Å². The zero-order valence-corrected chi connectivity index (χ0v) is 40.6. The SMILES string of the molecule is CCC/C=C\C/C=C\CCCCCCCC(=O)OCCCCCCCCCCCCCCC(=O)NC(CO)C(O)/C=C/CCCCCCCCCCCCCCCCCCC. The molecule has 0 spiro atoms. The number of unbranched alkanes of at least 4 members (excludes halogenated alkanes) is 34. The first kappa shape index (κ1) is 59.1. The molecule has 0 saturated heterocycles. The van der Waals surface area contributed by atoms with Crippen LogP contribution in [0.5, 0.6) is 0 Å². The third-order valence-corrected chi connectivity index (χ3v) is 12.1. The molecular formula is C55H103NO5. The average molecular weight is 858 g/mol. The number of aliphatic hydroxyl groups is 2. The number of nitrogens with one attached hydrogen (secondary N) is 1. The van der Waals surface area contributed by atoms with Crippen LogP contribution in [0.4, 0.5) is 0 Å². The van der Waals surface area contributed by atoms with Crippen molar-refractivity contribution >= 4 is 11.9 Å². The molecule has 0 aliphatic rings. The number of aliphatic hydroxyl groups excluding tert-OH is 2. The number of carbonyl (C=O) groups is 2. The van der Waals surface area contributed by atoms with E-state index in [2.05, 4.69) is 43.5 Å². The predicted molar refractivity (Wildman–Crippen MR) is 264 cm³/mol. The van der Waals surface area contributed by atoms with Crippen molar-refractivity contribution in [1.82, 2.24) is 5.32 Å². The number of hydrogen-bond acceptors (Lipinski definition) is 5. The second kappa shape index (κ2) is 50.7. The Balaban J connectivity index is 3.51. The normalized spacial score (nSPS) is 12.9. The minimum atomic E-state index is -0.856. The van der Waals surface area contributed by atoms with Crippen LogP contribution in [0.1, 0.15) is 277 Å². The molecule has 0 aliphatic carbocycles. The maximum atomic E-state index is 12.5. The molecule has 61 heavy (non-hydrogen) atoms. The van der Waals surface area contributed by atoms with E-state index >= 15 is 0 Å². The number of ether oxygens (including phenoxy) is 1. The van der Waals surface area contributed by atoms with Crippen molar-refractivity contribution in [2.24, 2.45) is 0 Å². The topological polar surface area (TPSA) is 95.9 Å². The highest BCUT2D eigenvalue weighted by atomic mass is 16.5. The minimum absolute atomic E-state index is 0.0263. The molecule has 0 aliphatic heterocycles. The van der Waals surface area contributed by atoms with Gasteiger partial charge in [0.15, 0.2) is 0 Å². The minimum Gasteiger partial charge on any atom is -0.466 e. The van der Waals surface area contributed by atoms with Gasteiger partial charge in [0.05, 0.1) is 25.4 Å². The Kier molecular flexibility index (Phi) is 49.1. The Hall–Kier alpha value is -1.92. The van der Waals surface area contributed by atoms with Gasteiger partial charge in [-0.05, 0) is 57.8 Å². The Morgan fingerprint density at radius 1 is 0.459 bits per heavy atom. The van der Waals surface area contributed by atoms with Crippen molar-refractivity contribution in [3.63, 3.8) is 0 Å². The van der Waals surface area contributed by atoms with Gasteiger partial charge in [0.25, 0.3) is 0 Å². The number of esters is 1. The van der Waals surface area contributed by atoms with E-state index in [4.69, 9.17) is 4.74 Å². The van der Waals surface area contributed by atoms with Gasteiger partial charge in [0, 0.05) is 12.8 Å². The van der Waals surface area contributed by atoms with Crippen LogP contribution in [-0.2, 0) is 14.3 Å². The third-order valence-electron chi connectivity index (χ3n) is 12.1. The van der Waals surface area contributed by atoms with Gasteiger partial charge in [-0.25, -0.2) is 0 Å². The van der Waals surface area contributed by atoms with Crippen LogP contribution in [0.15, 0.2) is 36.5 Å². The molecule has 3 N–H and O–H groups in total. The van der Waals surface area contributed by atoms with E-state index in [9.17, 15) is 19.8 Å². The lowest BCUT2D eigenvalue weighted by Crippen LogP contribution is -2.45. The standard InChI is InChI=1S/C55H103NO5/c1-3-5-7-9-11-13-15-17-18-19-20-21-22-24-27-31-35-39-43-47-53(58)52(51-57)56-54(59)48-44-40-36-32-28-25-26-30-34-38-42-46-50-61-55(60)49-45-41-37-33-29-23-16-14-12-10-8-6-4-2/h8,10,14,16,43,47,52-53,57-58H,3-7,9,11-13,15,17-42,44-46,48-51H2,1-2H3,(H,56,59)/b10-8-,16-14-,47-43+. The lowest BCUT2D eigenvalue weighted by Gasteiger charge is -2.20. The first-order valence-corrected chi connectivity index (χ1v) is 26.8. The molecule has 0 aromatic rings. The van der Waals surface area contributed by atoms with Crippen molar-refractivity contribution in [2.75, 3.05) is 13.2 Å². The van der Waals surface area contributed by atoms with E-state index in [1.165, 1.54) is 180 Å². The molecule has 0 heterocycles. The Labute approximate surface area is 379 Å². The summed E-state index contributed by atoms with van der Waals surface area (Å²) >= 11 is 0. The first-order valence-electron chi connectivity index (χ1n) is 26.8. The molecule has 2 atom stereocenters. The van der Waals surface area contributed by atoms with Crippen LogP contribution in [0.25, 0.3) is 0 Å². The molecule has 0 bridgehead atoms. The fourth-order valence-corrected chi connectivity index (χ4v) is 8.02. The van der Waals surface area contributed by atoms with Crippen LogP contribution in [0, 0.1) is 0 Å². The quantitative estimate of drug-likeness (QED) is 0.0322. The van der Waals surface area contributed by atoms with Crippen molar-refractivity contribution in [3.05, 3.63) is 36.5 Å². The largest absolute Gasteiger partial charge is 0.466 e. The Morgan fingerprint density at radius 3 is 1.31 bits per heavy atom. The highest BCUT2D eigenvalue weighted by Gasteiger charge is 2.18. The number of hydrogen-bond donors (Lipinski definition) is 3. The molecule has 6 nitrogen and oxygen atoms in total. The molecule has 0 aromatic carbocycles. The van der Waals surface area contributed by atoms with Gasteiger partial charge in [-0.3, -0.25) is 9.59 Å². The van der Waals surface area contributed by atoms with Gasteiger partial charge in [0.2, 0.25) is 5.91 Å². The molecule has 0 rings (SSSR count). The summed E-state index contributed by atoms with van der Waals surface area (Å²) in [6.07, 6.45) is 61.4. The molecular weight excluding hydrogens is 755 g/mol. The average Bonchev–Trinajstić information content (AvgIpc) is 3.26. The van der Waals surface area contributed by atoms with Crippen molar-refractivity contribution in [2.45, 2.75) is 289 Å². The van der Waals surface area contributed by atoms with E-state index in [1.807, 2.05) is 6.08 Å². The van der Waals surface area contributed by atoms with Gasteiger partial charge in [-0.15, -0.1) is 0 Å². The van der Waals surface area contributed by atoms with Gasteiger partial charge in [0.1, 0.15) is 0 Å². The monoisotopic (exact) mass is 858 g/mol. The molecule has 1 amide bonds. The van der Waals surface area contributed by atoms with Gasteiger partial charge < -0.3 is 20.3 Å². The summed E-state index contributed by atoms with van der Waals surface area (Å²) in [5.41, 5.74) is 0. The fourth-order valence-electron chi connectivity index (χ4n) is 8.02. The highest BCUT2D eigenvalue weighted by Crippen LogP contribution is 2.16. The van der Waals surface area contributed by atoms with Crippen LogP contribution in [0.3, 0.4) is 0 Å².